The van der Waals surface area contributed by atoms with Crippen LogP contribution in [0.2, 0.25) is 0 Å². The van der Waals surface area contributed by atoms with Gasteiger partial charge in [0.2, 0.25) is 0 Å². The first-order valence-corrected chi connectivity index (χ1v) is 8.30. The zero-order chi connectivity index (χ0) is 13.6. The van der Waals surface area contributed by atoms with Crippen LogP contribution in [0.3, 0.4) is 0 Å². The Balaban J connectivity index is 2.33. The largest absolute Gasteiger partial charge is 0.384 e. The standard InChI is InChI=1S/C12H21N3O2S/c1-12(2)6-4-5-9-10(12)11(13)15(14-9)7-8-18(3,16)17/h4-8,13H2,1-3H3. The molecule has 102 valence electrons. The van der Waals surface area contributed by atoms with Crippen molar-refractivity contribution < 1.29 is 8.42 Å². The van der Waals surface area contributed by atoms with Crippen molar-refractivity contribution in [3.63, 3.8) is 0 Å². The summed E-state index contributed by atoms with van der Waals surface area (Å²) in [7, 11) is -2.99. The van der Waals surface area contributed by atoms with Crippen molar-refractivity contribution in [3.05, 3.63) is 11.3 Å². The molecule has 2 rings (SSSR count). The van der Waals surface area contributed by atoms with Crippen LogP contribution in [0.25, 0.3) is 0 Å². The number of aryl methyl sites for hydroxylation is 2. The minimum Gasteiger partial charge on any atom is -0.384 e. The Labute approximate surface area is 108 Å². The van der Waals surface area contributed by atoms with Crippen molar-refractivity contribution in [2.45, 2.75) is 45.1 Å². The number of fused-ring (bicyclic) bond motifs is 1. The molecule has 6 heteroatoms. The zero-order valence-electron chi connectivity index (χ0n) is 11.2. The minimum atomic E-state index is -2.99. The first-order valence-electron chi connectivity index (χ1n) is 6.24. The van der Waals surface area contributed by atoms with Gasteiger partial charge >= 0.3 is 0 Å². The molecule has 1 heterocycles. The van der Waals surface area contributed by atoms with Gasteiger partial charge in [0, 0.05) is 11.8 Å². The summed E-state index contributed by atoms with van der Waals surface area (Å²) in [6.07, 6.45) is 4.38. The summed E-state index contributed by atoms with van der Waals surface area (Å²) < 4.78 is 24.1. The van der Waals surface area contributed by atoms with Crippen molar-refractivity contribution >= 4 is 15.7 Å². The predicted molar refractivity (Wildman–Crippen MR) is 72.3 cm³/mol. The molecule has 0 fully saturated rings. The van der Waals surface area contributed by atoms with Crippen molar-refractivity contribution in [2.75, 3.05) is 17.7 Å². The summed E-state index contributed by atoms with van der Waals surface area (Å²) in [5, 5.41) is 4.48. The summed E-state index contributed by atoms with van der Waals surface area (Å²) in [4.78, 5) is 0. The normalized spacial score (nSPS) is 18.6. The number of hydrogen-bond donors (Lipinski definition) is 1. The molecule has 0 spiro atoms. The van der Waals surface area contributed by atoms with Crippen molar-refractivity contribution in [3.8, 4) is 0 Å². The van der Waals surface area contributed by atoms with Crippen LogP contribution >= 0.6 is 0 Å². The second kappa shape index (κ2) is 4.26. The Bertz CT molecular complexity index is 558. The van der Waals surface area contributed by atoms with Gasteiger partial charge in [0.1, 0.15) is 15.7 Å². The first-order chi connectivity index (χ1) is 8.21. The molecule has 0 unspecified atom stereocenters. The second-order valence-electron chi connectivity index (χ2n) is 5.80. The number of nitrogens with two attached hydrogens (primary N) is 1. The van der Waals surface area contributed by atoms with E-state index in [0.717, 1.165) is 30.5 Å². The van der Waals surface area contributed by atoms with Gasteiger partial charge in [0.25, 0.3) is 0 Å². The smallest absolute Gasteiger partial charge is 0.149 e. The van der Waals surface area contributed by atoms with E-state index in [1.54, 1.807) is 4.68 Å². The molecule has 0 radical (unpaired) electrons. The molecule has 0 saturated heterocycles. The fourth-order valence-electron chi connectivity index (χ4n) is 2.68. The van der Waals surface area contributed by atoms with Crippen molar-refractivity contribution in [2.24, 2.45) is 0 Å². The van der Waals surface area contributed by atoms with Gasteiger partial charge in [0.05, 0.1) is 18.0 Å². The maximum Gasteiger partial charge on any atom is 0.149 e. The van der Waals surface area contributed by atoms with Crippen LogP contribution in [0, 0.1) is 0 Å². The molecule has 0 bridgehead atoms. The Morgan fingerprint density at radius 1 is 1.44 bits per heavy atom. The average Bonchev–Trinajstić information content (AvgIpc) is 2.52. The fraction of sp³-hybridized carbons (Fsp3) is 0.750. The van der Waals surface area contributed by atoms with E-state index in [2.05, 4.69) is 18.9 Å². The molecular weight excluding hydrogens is 250 g/mol. The lowest BCUT2D eigenvalue weighted by molar-refractivity contribution is 0.431. The summed E-state index contributed by atoms with van der Waals surface area (Å²) >= 11 is 0. The lowest BCUT2D eigenvalue weighted by Gasteiger charge is -2.29. The molecule has 1 aliphatic carbocycles. The Morgan fingerprint density at radius 3 is 2.67 bits per heavy atom. The van der Waals surface area contributed by atoms with E-state index < -0.39 is 9.84 Å². The SMILES string of the molecule is CC1(C)CCCc2nn(CCS(C)(=O)=O)c(N)c21. The highest BCUT2D eigenvalue weighted by atomic mass is 32.2. The summed E-state index contributed by atoms with van der Waals surface area (Å²) in [6, 6.07) is 0. The predicted octanol–water partition coefficient (Wildman–Crippen LogP) is 1.12. The summed E-state index contributed by atoms with van der Waals surface area (Å²) in [5.41, 5.74) is 8.33. The molecule has 0 aliphatic heterocycles. The molecule has 0 atom stereocenters. The molecule has 0 aromatic carbocycles. The lowest BCUT2D eigenvalue weighted by Crippen LogP contribution is -2.24. The third-order valence-electron chi connectivity index (χ3n) is 3.63. The number of hydrogen-bond acceptors (Lipinski definition) is 4. The van der Waals surface area contributed by atoms with Crippen LogP contribution in [0.4, 0.5) is 5.82 Å². The molecule has 5 nitrogen and oxygen atoms in total. The van der Waals surface area contributed by atoms with Crippen LogP contribution in [-0.4, -0.2) is 30.2 Å². The number of nitrogens with zero attached hydrogens (tertiary/aromatic N) is 2. The lowest BCUT2D eigenvalue weighted by atomic mass is 9.75. The highest BCUT2D eigenvalue weighted by Crippen LogP contribution is 2.39. The number of anilines is 1. The topological polar surface area (TPSA) is 78.0 Å². The van der Waals surface area contributed by atoms with E-state index in [9.17, 15) is 8.42 Å². The van der Waals surface area contributed by atoms with Gasteiger partial charge in [-0.05, 0) is 24.7 Å². The van der Waals surface area contributed by atoms with Crippen LogP contribution in [-0.2, 0) is 28.2 Å². The molecule has 2 N–H and O–H groups in total. The highest BCUT2D eigenvalue weighted by molar-refractivity contribution is 7.90. The maximum absolute atomic E-state index is 11.2. The molecular formula is C12H21N3O2S. The van der Waals surface area contributed by atoms with Gasteiger partial charge < -0.3 is 5.73 Å². The third kappa shape index (κ3) is 2.53. The van der Waals surface area contributed by atoms with E-state index in [-0.39, 0.29) is 11.2 Å². The summed E-state index contributed by atoms with van der Waals surface area (Å²) in [5.74, 6) is 0.719. The molecule has 0 saturated carbocycles. The molecule has 18 heavy (non-hydrogen) atoms. The van der Waals surface area contributed by atoms with E-state index in [4.69, 9.17) is 5.73 Å². The number of sulfone groups is 1. The quantitative estimate of drug-likeness (QED) is 0.893. The van der Waals surface area contributed by atoms with Gasteiger partial charge in [-0.2, -0.15) is 5.10 Å². The fourth-order valence-corrected chi connectivity index (χ4v) is 3.19. The van der Waals surface area contributed by atoms with Gasteiger partial charge in [-0.3, -0.25) is 0 Å². The van der Waals surface area contributed by atoms with E-state index >= 15 is 0 Å². The van der Waals surface area contributed by atoms with Crippen molar-refractivity contribution in [1.82, 2.24) is 9.78 Å². The first kappa shape index (κ1) is 13.4. The second-order valence-corrected chi connectivity index (χ2v) is 8.06. The van der Waals surface area contributed by atoms with E-state index in [1.807, 2.05) is 0 Å². The average molecular weight is 271 g/mol. The zero-order valence-corrected chi connectivity index (χ0v) is 12.0. The minimum absolute atomic E-state index is 0.0427. The summed E-state index contributed by atoms with van der Waals surface area (Å²) in [6.45, 7) is 4.68. The number of rotatable bonds is 3. The van der Waals surface area contributed by atoms with Crippen LogP contribution in [0.1, 0.15) is 37.9 Å². The molecule has 0 amide bonds. The van der Waals surface area contributed by atoms with Gasteiger partial charge in [-0.1, -0.05) is 13.8 Å². The van der Waals surface area contributed by atoms with E-state index in [1.165, 1.54) is 6.26 Å². The Kier molecular flexibility index (Phi) is 3.17. The number of nitrogen functional groups attached to an aromatic ring is 1. The van der Waals surface area contributed by atoms with Crippen LogP contribution in [0.5, 0.6) is 0 Å². The number of aromatic nitrogens is 2. The highest BCUT2D eigenvalue weighted by Gasteiger charge is 2.33. The molecule has 1 aliphatic rings. The third-order valence-corrected chi connectivity index (χ3v) is 4.55. The van der Waals surface area contributed by atoms with Gasteiger partial charge in [0.15, 0.2) is 0 Å². The Morgan fingerprint density at radius 2 is 2.11 bits per heavy atom. The van der Waals surface area contributed by atoms with Crippen LogP contribution < -0.4 is 5.73 Å². The van der Waals surface area contributed by atoms with Crippen molar-refractivity contribution in [1.29, 1.82) is 0 Å². The monoisotopic (exact) mass is 271 g/mol. The molecule has 1 aromatic rings. The van der Waals surface area contributed by atoms with E-state index in [0.29, 0.717) is 12.4 Å². The van der Waals surface area contributed by atoms with Crippen LogP contribution in [0.15, 0.2) is 0 Å². The van der Waals surface area contributed by atoms with Gasteiger partial charge in [-0.25, -0.2) is 13.1 Å². The Hall–Kier alpha value is -1.04. The molecule has 1 aromatic heterocycles. The van der Waals surface area contributed by atoms with Gasteiger partial charge in [-0.15, -0.1) is 0 Å². The maximum atomic E-state index is 11.2.